The SMILES string of the molecule is Cc1ccc([C@@H](C(C)C)n2nc(CC(F)(F)F)c3c(=O)[nH]c(=O)[nH]c32)cc1F. The average molecular weight is 398 g/mol. The third kappa shape index (κ3) is 3.71. The summed E-state index contributed by atoms with van der Waals surface area (Å²) in [6.07, 6.45) is -6.03. The van der Waals surface area contributed by atoms with Crippen LogP contribution >= 0.6 is 0 Å². The third-order valence-electron chi connectivity index (χ3n) is 4.47. The molecule has 0 aliphatic carbocycles. The van der Waals surface area contributed by atoms with Crippen LogP contribution in [0.25, 0.3) is 11.0 Å². The number of aromatic amines is 2. The number of nitrogens with zero attached hydrogens (tertiary/aromatic N) is 2. The van der Waals surface area contributed by atoms with E-state index in [4.69, 9.17) is 0 Å². The minimum Gasteiger partial charge on any atom is -0.292 e. The number of benzene rings is 1. The molecule has 0 saturated carbocycles. The monoisotopic (exact) mass is 398 g/mol. The minimum absolute atomic E-state index is 0.132. The van der Waals surface area contributed by atoms with Crippen molar-refractivity contribution in [2.75, 3.05) is 0 Å². The third-order valence-corrected chi connectivity index (χ3v) is 4.47. The lowest BCUT2D eigenvalue weighted by Gasteiger charge is -2.23. The van der Waals surface area contributed by atoms with E-state index in [1.165, 1.54) is 10.7 Å². The van der Waals surface area contributed by atoms with Gasteiger partial charge in [0.25, 0.3) is 5.56 Å². The Morgan fingerprint density at radius 3 is 2.43 bits per heavy atom. The number of hydrogen-bond donors (Lipinski definition) is 2. The summed E-state index contributed by atoms with van der Waals surface area (Å²) in [7, 11) is 0. The molecule has 2 heterocycles. The molecule has 2 aromatic heterocycles. The van der Waals surface area contributed by atoms with Crippen molar-refractivity contribution in [2.24, 2.45) is 5.92 Å². The zero-order valence-electron chi connectivity index (χ0n) is 15.3. The summed E-state index contributed by atoms with van der Waals surface area (Å²) < 4.78 is 54.2. The molecule has 0 saturated heterocycles. The van der Waals surface area contributed by atoms with E-state index in [9.17, 15) is 27.2 Å². The first-order valence-corrected chi connectivity index (χ1v) is 8.54. The van der Waals surface area contributed by atoms with Gasteiger partial charge in [-0.25, -0.2) is 13.9 Å². The van der Waals surface area contributed by atoms with Crippen LogP contribution in [0.15, 0.2) is 27.8 Å². The van der Waals surface area contributed by atoms with E-state index in [1.807, 2.05) is 4.98 Å². The van der Waals surface area contributed by atoms with Gasteiger partial charge in [-0.05, 0) is 30.0 Å². The van der Waals surface area contributed by atoms with Gasteiger partial charge in [-0.3, -0.25) is 14.8 Å². The van der Waals surface area contributed by atoms with Crippen LogP contribution in [0.2, 0.25) is 0 Å². The highest BCUT2D eigenvalue weighted by Crippen LogP contribution is 2.31. The number of hydrogen-bond acceptors (Lipinski definition) is 3. The van der Waals surface area contributed by atoms with Gasteiger partial charge in [0.05, 0.1) is 18.2 Å². The highest BCUT2D eigenvalue weighted by atomic mass is 19.4. The van der Waals surface area contributed by atoms with Gasteiger partial charge in [0.2, 0.25) is 0 Å². The molecule has 1 aromatic carbocycles. The Bertz CT molecular complexity index is 1140. The summed E-state index contributed by atoms with van der Waals surface area (Å²) in [6, 6.07) is 3.78. The van der Waals surface area contributed by atoms with Crippen LogP contribution in [-0.2, 0) is 6.42 Å². The Morgan fingerprint density at radius 2 is 1.86 bits per heavy atom. The van der Waals surface area contributed by atoms with Crippen molar-refractivity contribution in [3.8, 4) is 0 Å². The Morgan fingerprint density at radius 1 is 1.18 bits per heavy atom. The molecule has 0 unspecified atom stereocenters. The van der Waals surface area contributed by atoms with E-state index < -0.39 is 41.4 Å². The number of alkyl halides is 3. The van der Waals surface area contributed by atoms with Crippen molar-refractivity contribution in [1.29, 1.82) is 0 Å². The van der Waals surface area contributed by atoms with Gasteiger partial charge in [0.1, 0.15) is 16.9 Å². The van der Waals surface area contributed by atoms with E-state index in [-0.39, 0.29) is 17.0 Å². The van der Waals surface area contributed by atoms with Gasteiger partial charge < -0.3 is 0 Å². The molecule has 0 radical (unpaired) electrons. The standard InChI is InChI=1S/C18H18F4N4O2/c1-8(2)14(10-5-4-9(3)11(19)6-10)26-15-13(16(27)24-17(28)23-15)12(25-26)7-18(20,21)22/h4-6,8,14H,7H2,1-3H3,(H2,23,24,27,28)/t14-/m1/s1. The van der Waals surface area contributed by atoms with Gasteiger partial charge in [-0.1, -0.05) is 26.0 Å². The first-order valence-electron chi connectivity index (χ1n) is 8.54. The van der Waals surface area contributed by atoms with E-state index in [2.05, 4.69) is 10.1 Å². The first-order chi connectivity index (χ1) is 13.0. The van der Waals surface area contributed by atoms with Gasteiger partial charge >= 0.3 is 11.9 Å². The summed E-state index contributed by atoms with van der Waals surface area (Å²) in [5.74, 6) is -0.701. The fourth-order valence-electron chi connectivity index (χ4n) is 3.26. The lowest BCUT2D eigenvalue weighted by atomic mass is 9.95. The zero-order chi connectivity index (χ0) is 20.8. The number of aromatic nitrogens is 4. The summed E-state index contributed by atoms with van der Waals surface area (Å²) in [5.41, 5.74) is -1.58. The molecule has 28 heavy (non-hydrogen) atoms. The normalized spacial score (nSPS) is 13.4. The molecule has 6 nitrogen and oxygen atoms in total. The van der Waals surface area contributed by atoms with Crippen LogP contribution in [0, 0.1) is 18.7 Å². The highest BCUT2D eigenvalue weighted by molar-refractivity contribution is 5.77. The molecule has 2 N–H and O–H groups in total. The second-order valence-corrected chi connectivity index (χ2v) is 7.01. The quantitative estimate of drug-likeness (QED) is 0.662. The molecular weight excluding hydrogens is 380 g/mol. The molecule has 3 aromatic rings. The Hall–Kier alpha value is -2.91. The second-order valence-electron chi connectivity index (χ2n) is 7.01. The maximum Gasteiger partial charge on any atom is 0.394 e. The van der Waals surface area contributed by atoms with Crippen LogP contribution in [0.5, 0.6) is 0 Å². The smallest absolute Gasteiger partial charge is 0.292 e. The minimum atomic E-state index is -4.60. The predicted octanol–water partition coefficient (Wildman–Crippen LogP) is 3.21. The molecule has 10 heteroatoms. The van der Waals surface area contributed by atoms with Crippen molar-refractivity contribution in [1.82, 2.24) is 19.7 Å². The van der Waals surface area contributed by atoms with E-state index in [0.29, 0.717) is 11.1 Å². The summed E-state index contributed by atoms with van der Waals surface area (Å²) in [5, 5.41) is 3.67. The topological polar surface area (TPSA) is 83.5 Å². The van der Waals surface area contributed by atoms with Crippen LogP contribution in [0.3, 0.4) is 0 Å². The largest absolute Gasteiger partial charge is 0.394 e. The molecule has 150 valence electrons. The number of fused-ring (bicyclic) bond motifs is 1. The van der Waals surface area contributed by atoms with E-state index >= 15 is 0 Å². The number of aryl methyl sites for hydroxylation is 1. The average Bonchev–Trinajstić information content (AvgIpc) is 2.87. The molecule has 0 aliphatic rings. The number of rotatable bonds is 4. The van der Waals surface area contributed by atoms with Gasteiger partial charge in [-0.15, -0.1) is 0 Å². The maximum absolute atomic E-state index is 14.1. The van der Waals surface area contributed by atoms with Crippen molar-refractivity contribution >= 4 is 11.0 Å². The summed E-state index contributed by atoms with van der Waals surface area (Å²) in [6.45, 7) is 5.15. The number of H-pyrrole nitrogens is 2. The van der Waals surface area contributed by atoms with Gasteiger partial charge in [0, 0.05) is 0 Å². The van der Waals surface area contributed by atoms with Crippen molar-refractivity contribution in [3.05, 3.63) is 61.7 Å². The van der Waals surface area contributed by atoms with E-state index in [0.717, 1.165) is 0 Å². The highest BCUT2D eigenvalue weighted by Gasteiger charge is 2.33. The molecule has 0 aliphatic heterocycles. The molecule has 3 rings (SSSR count). The van der Waals surface area contributed by atoms with Crippen molar-refractivity contribution < 1.29 is 17.6 Å². The Balaban J connectivity index is 2.31. The van der Waals surface area contributed by atoms with Crippen LogP contribution in [0.4, 0.5) is 17.6 Å². The number of halogens is 4. The lowest BCUT2D eigenvalue weighted by Crippen LogP contribution is -2.25. The van der Waals surface area contributed by atoms with Crippen molar-refractivity contribution in [2.45, 2.75) is 39.4 Å². The van der Waals surface area contributed by atoms with Crippen LogP contribution in [0.1, 0.15) is 36.7 Å². The van der Waals surface area contributed by atoms with Crippen LogP contribution < -0.4 is 11.2 Å². The molecule has 0 bridgehead atoms. The molecule has 0 spiro atoms. The number of nitrogens with one attached hydrogen (secondary N) is 2. The second kappa shape index (κ2) is 6.92. The van der Waals surface area contributed by atoms with Crippen molar-refractivity contribution in [3.63, 3.8) is 0 Å². The molecule has 0 amide bonds. The maximum atomic E-state index is 14.1. The van der Waals surface area contributed by atoms with E-state index in [1.54, 1.807) is 32.9 Å². The fourth-order valence-corrected chi connectivity index (χ4v) is 3.26. The van der Waals surface area contributed by atoms with Gasteiger partial charge in [-0.2, -0.15) is 18.3 Å². The Kier molecular flexibility index (Phi) is 4.90. The Labute approximate surface area is 156 Å². The molecule has 1 atom stereocenters. The van der Waals surface area contributed by atoms with Crippen LogP contribution in [-0.4, -0.2) is 25.9 Å². The summed E-state index contributed by atoms with van der Waals surface area (Å²) >= 11 is 0. The summed E-state index contributed by atoms with van der Waals surface area (Å²) in [4.78, 5) is 28.2. The molecular formula is C18H18F4N4O2. The van der Waals surface area contributed by atoms with Gasteiger partial charge in [0.15, 0.2) is 0 Å². The predicted molar refractivity (Wildman–Crippen MR) is 94.8 cm³/mol. The first kappa shape index (κ1) is 19.8. The molecule has 0 fully saturated rings. The fraction of sp³-hybridized carbons (Fsp3) is 0.389. The lowest BCUT2D eigenvalue weighted by molar-refractivity contribution is -0.127. The zero-order valence-corrected chi connectivity index (χ0v) is 15.3.